The third kappa shape index (κ3) is 2.50. The summed E-state index contributed by atoms with van der Waals surface area (Å²) in [6.45, 7) is 7.44. The van der Waals surface area contributed by atoms with E-state index in [0.717, 1.165) is 11.4 Å². The van der Waals surface area contributed by atoms with Gasteiger partial charge in [-0.15, -0.1) is 0 Å². The Morgan fingerprint density at radius 1 is 1.33 bits per heavy atom. The van der Waals surface area contributed by atoms with Crippen LogP contribution in [0.1, 0.15) is 17.0 Å². The topological polar surface area (TPSA) is 42.7 Å². The summed E-state index contributed by atoms with van der Waals surface area (Å²) in [7, 11) is 0. The molecule has 4 nitrogen and oxygen atoms in total. The van der Waals surface area contributed by atoms with Crippen molar-refractivity contribution >= 4 is 5.69 Å². The van der Waals surface area contributed by atoms with Crippen LogP contribution >= 0.6 is 0 Å². The maximum atomic E-state index is 13.3. The second kappa shape index (κ2) is 5.16. The molecule has 0 saturated carbocycles. The van der Waals surface area contributed by atoms with Crippen molar-refractivity contribution in [1.29, 1.82) is 0 Å². The van der Waals surface area contributed by atoms with E-state index >= 15 is 0 Å². The van der Waals surface area contributed by atoms with E-state index in [1.165, 1.54) is 11.8 Å². The maximum Gasteiger partial charge on any atom is 0.164 e. The van der Waals surface area contributed by atoms with Crippen LogP contribution in [-0.4, -0.2) is 21.3 Å². The highest BCUT2D eigenvalue weighted by Crippen LogP contribution is 2.12. The largest absolute Gasteiger partial charge is 0.381 e. The molecule has 2 rings (SSSR count). The number of nitrogens with one attached hydrogen (secondary N) is 1. The molecule has 2 heterocycles. The number of halogens is 1. The first kappa shape index (κ1) is 12.5. The number of hydrogen-bond donors (Lipinski definition) is 1. The van der Waals surface area contributed by atoms with Crippen LogP contribution in [0.15, 0.2) is 18.5 Å². The van der Waals surface area contributed by atoms with E-state index in [4.69, 9.17) is 0 Å². The lowest BCUT2D eigenvalue weighted by molar-refractivity contribution is 0.603. The molecule has 0 unspecified atom stereocenters. The molecule has 2 aromatic heterocycles. The molecule has 0 fully saturated rings. The average molecular weight is 248 g/mol. The van der Waals surface area contributed by atoms with Crippen LogP contribution in [0.5, 0.6) is 0 Å². The molecule has 96 valence electrons. The monoisotopic (exact) mass is 248 g/mol. The summed E-state index contributed by atoms with van der Waals surface area (Å²) in [5.74, 6) is -0.331. The van der Waals surface area contributed by atoms with E-state index in [0.29, 0.717) is 18.8 Å². The Bertz CT molecular complexity index is 548. The zero-order valence-electron chi connectivity index (χ0n) is 10.9. The van der Waals surface area contributed by atoms with Gasteiger partial charge >= 0.3 is 0 Å². The molecule has 0 radical (unpaired) electrons. The van der Waals surface area contributed by atoms with Crippen LogP contribution in [0.4, 0.5) is 10.1 Å². The van der Waals surface area contributed by atoms with Crippen molar-refractivity contribution < 1.29 is 4.39 Å². The van der Waals surface area contributed by atoms with Crippen LogP contribution in [0, 0.1) is 26.6 Å². The third-order valence-corrected chi connectivity index (χ3v) is 3.15. The van der Waals surface area contributed by atoms with Crippen molar-refractivity contribution in [2.45, 2.75) is 27.3 Å². The Morgan fingerprint density at radius 2 is 2.11 bits per heavy atom. The van der Waals surface area contributed by atoms with Crippen LogP contribution in [-0.2, 0) is 6.54 Å². The fraction of sp³-hybridized carbons (Fsp3) is 0.385. The molecule has 0 atom stereocenters. The molecule has 18 heavy (non-hydrogen) atoms. The predicted molar refractivity (Wildman–Crippen MR) is 69.1 cm³/mol. The van der Waals surface area contributed by atoms with Gasteiger partial charge in [0.2, 0.25) is 0 Å². The van der Waals surface area contributed by atoms with Gasteiger partial charge in [0, 0.05) is 18.4 Å². The lowest BCUT2D eigenvalue weighted by Crippen LogP contribution is -2.13. The number of nitrogens with zero attached hydrogens (tertiary/aromatic N) is 3. The van der Waals surface area contributed by atoms with Crippen molar-refractivity contribution in [1.82, 2.24) is 14.8 Å². The van der Waals surface area contributed by atoms with Crippen molar-refractivity contribution in [3.8, 4) is 0 Å². The zero-order chi connectivity index (χ0) is 13.1. The molecular formula is C13H17FN4. The number of hydrogen-bond acceptors (Lipinski definition) is 3. The molecule has 5 heteroatoms. The summed E-state index contributed by atoms with van der Waals surface area (Å²) in [6.07, 6.45) is 2.77. The molecule has 2 aromatic rings. The summed E-state index contributed by atoms with van der Waals surface area (Å²) in [5, 5.41) is 7.48. The third-order valence-electron chi connectivity index (χ3n) is 3.15. The lowest BCUT2D eigenvalue weighted by atomic mass is 10.2. The van der Waals surface area contributed by atoms with E-state index in [2.05, 4.69) is 22.3 Å². The molecule has 1 N–H and O–H groups in total. The van der Waals surface area contributed by atoms with Crippen molar-refractivity contribution in [3.63, 3.8) is 0 Å². The Labute approximate surface area is 106 Å². The zero-order valence-corrected chi connectivity index (χ0v) is 10.9. The number of anilines is 1. The Balaban J connectivity index is 1.97. The van der Waals surface area contributed by atoms with Crippen molar-refractivity contribution in [3.05, 3.63) is 41.2 Å². The minimum absolute atomic E-state index is 0.331. The first-order valence-electron chi connectivity index (χ1n) is 5.93. The van der Waals surface area contributed by atoms with E-state index in [9.17, 15) is 4.39 Å². The molecule has 0 aromatic carbocycles. The number of pyridine rings is 1. The molecule has 0 aliphatic rings. The Kier molecular flexibility index (Phi) is 3.60. The van der Waals surface area contributed by atoms with Gasteiger partial charge in [-0.25, -0.2) is 4.39 Å². The Hall–Kier alpha value is -1.91. The van der Waals surface area contributed by atoms with Crippen molar-refractivity contribution in [2.75, 3.05) is 11.9 Å². The number of aryl methyl sites for hydroxylation is 1. The summed E-state index contributed by atoms with van der Waals surface area (Å²) >= 11 is 0. The smallest absolute Gasteiger partial charge is 0.164 e. The maximum absolute atomic E-state index is 13.3. The van der Waals surface area contributed by atoms with Gasteiger partial charge in [-0.2, -0.15) is 5.10 Å². The molecule has 0 amide bonds. The van der Waals surface area contributed by atoms with Gasteiger partial charge in [-0.05, 0) is 32.4 Å². The standard InChI is InChI=1S/C13H17FN4/c1-9-10(2)17-18(11(9)3)7-6-16-13-4-5-15-8-12(13)14/h4-5,8H,6-7H2,1-3H3,(H,15,16). The first-order chi connectivity index (χ1) is 8.59. The van der Waals surface area contributed by atoms with Gasteiger partial charge in [-0.3, -0.25) is 9.67 Å². The first-order valence-corrected chi connectivity index (χ1v) is 5.93. The van der Waals surface area contributed by atoms with Gasteiger partial charge in [-0.1, -0.05) is 0 Å². The highest BCUT2D eigenvalue weighted by molar-refractivity contribution is 5.42. The van der Waals surface area contributed by atoms with Crippen LogP contribution in [0.2, 0.25) is 0 Å². The van der Waals surface area contributed by atoms with Gasteiger partial charge < -0.3 is 5.32 Å². The quantitative estimate of drug-likeness (QED) is 0.903. The van der Waals surface area contributed by atoms with Crippen LogP contribution < -0.4 is 5.32 Å². The van der Waals surface area contributed by atoms with E-state index in [-0.39, 0.29) is 5.82 Å². The summed E-state index contributed by atoms with van der Waals surface area (Å²) < 4.78 is 15.3. The van der Waals surface area contributed by atoms with E-state index in [1.807, 2.05) is 18.5 Å². The van der Waals surface area contributed by atoms with Gasteiger partial charge in [0.1, 0.15) is 0 Å². The summed E-state index contributed by atoms with van der Waals surface area (Å²) in [4.78, 5) is 3.71. The van der Waals surface area contributed by atoms with E-state index < -0.39 is 0 Å². The number of aromatic nitrogens is 3. The number of rotatable bonds is 4. The van der Waals surface area contributed by atoms with Gasteiger partial charge in [0.15, 0.2) is 5.82 Å². The fourth-order valence-corrected chi connectivity index (χ4v) is 1.82. The Morgan fingerprint density at radius 3 is 2.72 bits per heavy atom. The lowest BCUT2D eigenvalue weighted by Gasteiger charge is -2.08. The minimum Gasteiger partial charge on any atom is -0.381 e. The molecule has 0 saturated heterocycles. The normalized spacial score (nSPS) is 10.7. The molecule has 0 aliphatic heterocycles. The minimum atomic E-state index is -0.331. The highest BCUT2D eigenvalue weighted by Gasteiger charge is 2.06. The van der Waals surface area contributed by atoms with Crippen LogP contribution in [0.3, 0.4) is 0 Å². The van der Waals surface area contributed by atoms with Gasteiger partial charge in [0.05, 0.1) is 24.1 Å². The van der Waals surface area contributed by atoms with Crippen LogP contribution in [0.25, 0.3) is 0 Å². The summed E-state index contributed by atoms with van der Waals surface area (Å²) in [6, 6.07) is 1.63. The second-order valence-corrected chi connectivity index (χ2v) is 4.30. The molecule has 0 aliphatic carbocycles. The second-order valence-electron chi connectivity index (χ2n) is 4.30. The predicted octanol–water partition coefficient (Wildman–Crippen LogP) is 2.45. The fourth-order valence-electron chi connectivity index (χ4n) is 1.82. The highest BCUT2D eigenvalue weighted by atomic mass is 19.1. The average Bonchev–Trinajstić information content (AvgIpc) is 2.60. The molecule has 0 spiro atoms. The van der Waals surface area contributed by atoms with Crippen molar-refractivity contribution in [2.24, 2.45) is 0 Å². The summed E-state index contributed by atoms with van der Waals surface area (Å²) in [5.41, 5.74) is 3.89. The van der Waals surface area contributed by atoms with Gasteiger partial charge in [0.25, 0.3) is 0 Å². The van der Waals surface area contributed by atoms with E-state index in [1.54, 1.807) is 12.3 Å². The molecular weight excluding hydrogens is 231 g/mol. The molecule has 0 bridgehead atoms. The SMILES string of the molecule is Cc1nn(CCNc2ccncc2F)c(C)c1C.